The SMILES string of the molecule is O=S(=O)(c1cncc(F)c1)N1CC[C@H]2CNC[C@H]21. The van der Waals surface area contributed by atoms with Crippen LogP contribution in [0, 0.1) is 11.7 Å². The van der Waals surface area contributed by atoms with Crippen molar-refractivity contribution in [1.82, 2.24) is 14.6 Å². The van der Waals surface area contributed by atoms with Crippen LogP contribution in [0.2, 0.25) is 0 Å². The van der Waals surface area contributed by atoms with Crippen LogP contribution in [0.1, 0.15) is 6.42 Å². The maximum absolute atomic E-state index is 13.1. The van der Waals surface area contributed by atoms with Crippen molar-refractivity contribution < 1.29 is 12.8 Å². The lowest BCUT2D eigenvalue weighted by molar-refractivity contribution is 0.382. The maximum atomic E-state index is 13.1. The molecule has 0 spiro atoms. The van der Waals surface area contributed by atoms with E-state index in [4.69, 9.17) is 0 Å². The molecule has 3 rings (SSSR count). The van der Waals surface area contributed by atoms with E-state index in [1.54, 1.807) is 0 Å². The van der Waals surface area contributed by atoms with E-state index in [-0.39, 0.29) is 10.9 Å². The summed E-state index contributed by atoms with van der Waals surface area (Å²) >= 11 is 0. The number of rotatable bonds is 2. The van der Waals surface area contributed by atoms with Crippen LogP contribution in [0.25, 0.3) is 0 Å². The second-order valence-corrected chi connectivity index (χ2v) is 6.62. The van der Waals surface area contributed by atoms with Crippen LogP contribution in [-0.2, 0) is 10.0 Å². The topological polar surface area (TPSA) is 62.3 Å². The fourth-order valence-corrected chi connectivity index (χ4v) is 4.45. The molecule has 0 saturated carbocycles. The lowest BCUT2D eigenvalue weighted by Gasteiger charge is -2.22. The van der Waals surface area contributed by atoms with Gasteiger partial charge in [0, 0.05) is 25.3 Å². The average molecular weight is 271 g/mol. The third-order valence-electron chi connectivity index (χ3n) is 3.68. The Balaban J connectivity index is 1.95. The number of sulfonamides is 1. The minimum absolute atomic E-state index is 0.00160. The molecule has 1 N–H and O–H groups in total. The Bertz CT molecular complexity index is 563. The van der Waals surface area contributed by atoms with Gasteiger partial charge in [0.1, 0.15) is 10.7 Å². The molecule has 0 radical (unpaired) electrons. The van der Waals surface area contributed by atoms with Crippen molar-refractivity contribution in [1.29, 1.82) is 0 Å². The van der Waals surface area contributed by atoms with E-state index in [1.165, 1.54) is 10.5 Å². The monoisotopic (exact) mass is 271 g/mol. The van der Waals surface area contributed by atoms with Gasteiger partial charge in [0.2, 0.25) is 10.0 Å². The number of hydrogen-bond acceptors (Lipinski definition) is 4. The molecule has 3 heterocycles. The molecule has 2 fully saturated rings. The van der Waals surface area contributed by atoms with E-state index in [2.05, 4.69) is 10.3 Å². The Labute approximate surface area is 105 Å². The number of halogens is 1. The fraction of sp³-hybridized carbons (Fsp3) is 0.545. The van der Waals surface area contributed by atoms with Crippen LogP contribution in [-0.4, -0.2) is 43.4 Å². The number of aromatic nitrogens is 1. The number of nitrogens with one attached hydrogen (secondary N) is 1. The van der Waals surface area contributed by atoms with Gasteiger partial charge in [-0.25, -0.2) is 12.8 Å². The summed E-state index contributed by atoms with van der Waals surface area (Å²) in [5.41, 5.74) is 0. The molecule has 0 bridgehead atoms. The number of hydrogen-bond donors (Lipinski definition) is 1. The van der Waals surface area contributed by atoms with Gasteiger partial charge in [0.25, 0.3) is 0 Å². The smallest absolute Gasteiger partial charge is 0.245 e. The first-order valence-electron chi connectivity index (χ1n) is 5.92. The zero-order valence-corrected chi connectivity index (χ0v) is 10.5. The standard InChI is InChI=1S/C11H14FN3O2S/c12-9-3-10(6-14-5-9)18(16,17)15-2-1-8-4-13-7-11(8)15/h3,5-6,8,11,13H,1-2,4,7H2/t8-,11+/m0/s1. The van der Waals surface area contributed by atoms with Gasteiger partial charge in [-0.15, -0.1) is 0 Å². The van der Waals surface area contributed by atoms with Crippen LogP contribution in [0.15, 0.2) is 23.4 Å². The van der Waals surface area contributed by atoms with Crippen LogP contribution >= 0.6 is 0 Å². The molecule has 5 nitrogen and oxygen atoms in total. The second kappa shape index (κ2) is 4.25. The molecule has 0 aliphatic carbocycles. The summed E-state index contributed by atoms with van der Waals surface area (Å²) in [6, 6.07) is 1.02. The van der Waals surface area contributed by atoms with Crippen molar-refractivity contribution in [3.63, 3.8) is 0 Å². The fourth-order valence-electron chi connectivity index (χ4n) is 2.78. The molecule has 2 atom stereocenters. The van der Waals surface area contributed by atoms with Gasteiger partial charge in [-0.2, -0.15) is 4.31 Å². The maximum Gasteiger partial charge on any atom is 0.245 e. The van der Waals surface area contributed by atoms with Gasteiger partial charge in [-0.1, -0.05) is 0 Å². The van der Waals surface area contributed by atoms with Gasteiger partial charge in [0.05, 0.1) is 6.20 Å². The highest BCUT2D eigenvalue weighted by molar-refractivity contribution is 7.89. The highest BCUT2D eigenvalue weighted by atomic mass is 32.2. The Hall–Kier alpha value is -1.05. The van der Waals surface area contributed by atoms with E-state index < -0.39 is 15.8 Å². The van der Waals surface area contributed by atoms with E-state index in [9.17, 15) is 12.8 Å². The third kappa shape index (κ3) is 1.82. The van der Waals surface area contributed by atoms with Crippen molar-refractivity contribution >= 4 is 10.0 Å². The molecular weight excluding hydrogens is 257 g/mol. The lowest BCUT2D eigenvalue weighted by atomic mass is 10.1. The predicted molar refractivity (Wildman–Crippen MR) is 62.9 cm³/mol. The lowest BCUT2D eigenvalue weighted by Crippen LogP contribution is -2.39. The molecule has 2 aliphatic rings. The van der Waals surface area contributed by atoms with Crippen molar-refractivity contribution in [2.45, 2.75) is 17.4 Å². The summed E-state index contributed by atoms with van der Waals surface area (Å²) in [4.78, 5) is 3.55. The number of pyridine rings is 1. The summed E-state index contributed by atoms with van der Waals surface area (Å²) in [6.45, 7) is 2.04. The number of fused-ring (bicyclic) bond motifs is 1. The van der Waals surface area contributed by atoms with Crippen molar-refractivity contribution in [3.8, 4) is 0 Å². The number of nitrogens with zero attached hydrogens (tertiary/aromatic N) is 2. The molecule has 98 valence electrons. The summed E-state index contributed by atoms with van der Waals surface area (Å²) < 4.78 is 39.4. The zero-order chi connectivity index (χ0) is 12.8. The van der Waals surface area contributed by atoms with Gasteiger partial charge < -0.3 is 5.32 Å². The summed E-state index contributed by atoms with van der Waals surface area (Å²) in [7, 11) is -3.62. The van der Waals surface area contributed by atoms with E-state index in [1.807, 2.05) is 0 Å². The molecular formula is C11H14FN3O2S. The van der Waals surface area contributed by atoms with E-state index in [0.717, 1.165) is 25.2 Å². The molecule has 0 aromatic carbocycles. The Morgan fingerprint density at radius 1 is 1.39 bits per heavy atom. The highest BCUT2D eigenvalue weighted by Gasteiger charge is 2.43. The minimum Gasteiger partial charge on any atom is -0.315 e. The Morgan fingerprint density at radius 2 is 2.22 bits per heavy atom. The normalized spacial score (nSPS) is 28.5. The van der Waals surface area contributed by atoms with Crippen LogP contribution < -0.4 is 5.32 Å². The van der Waals surface area contributed by atoms with Crippen molar-refractivity contribution in [2.75, 3.05) is 19.6 Å². The summed E-state index contributed by atoms with van der Waals surface area (Å²) in [5, 5.41) is 3.19. The summed E-state index contributed by atoms with van der Waals surface area (Å²) in [6.07, 6.45) is 3.07. The van der Waals surface area contributed by atoms with Gasteiger partial charge >= 0.3 is 0 Å². The van der Waals surface area contributed by atoms with Crippen molar-refractivity contribution in [3.05, 3.63) is 24.3 Å². The molecule has 2 aliphatic heterocycles. The predicted octanol–water partition coefficient (Wildman–Crippen LogP) is 0.203. The third-order valence-corrected chi connectivity index (χ3v) is 5.57. The first kappa shape index (κ1) is 12.0. The first-order chi connectivity index (χ1) is 8.59. The van der Waals surface area contributed by atoms with Crippen LogP contribution in [0.5, 0.6) is 0 Å². The van der Waals surface area contributed by atoms with Crippen LogP contribution in [0.3, 0.4) is 0 Å². The van der Waals surface area contributed by atoms with Crippen molar-refractivity contribution in [2.24, 2.45) is 5.92 Å². The molecule has 7 heteroatoms. The zero-order valence-electron chi connectivity index (χ0n) is 9.71. The molecule has 0 unspecified atom stereocenters. The highest BCUT2D eigenvalue weighted by Crippen LogP contribution is 2.32. The molecule has 1 aromatic rings. The first-order valence-corrected chi connectivity index (χ1v) is 7.36. The van der Waals surface area contributed by atoms with Gasteiger partial charge in [0.15, 0.2) is 0 Å². The van der Waals surface area contributed by atoms with Crippen LogP contribution in [0.4, 0.5) is 4.39 Å². The molecule has 18 heavy (non-hydrogen) atoms. The average Bonchev–Trinajstić information content (AvgIpc) is 2.90. The quantitative estimate of drug-likeness (QED) is 0.835. The molecule has 1 aromatic heterocycles. The van der Waals surface area contributed by atoms with E-state index >= 15 is 0 Å². The largest absolute Gasteiger partial charge is 0.315 e. The van der Waals surface area contributed by atoms with Gasteiger partial charge in [-0.3, -0.25) is 4.98 Å². The summed E-state index contributed by atoms with van der Waals surface area (Å²) in [5.74, 6) is -0.252. The Morgan fingerprint density at radius 3 is 3.00 bits per heavy atom. The molecule has 2 saturated heterocycles. The Kier molecular flexibility index (Phi) is 2.84. The minimum atomic E-state index is -3.62. The second-order valence-electron chi connectivity index (χ2n) is 4.73. The van der Waals surface area contributed by atoms with Gasteiger partial charge in [-0.05, 0) is 24.9 Å². The van der Waals surface area contributed by atoms with E-state index in [0.29, 0.717) is 19.0 Å². The molecule has 0 amide bonds.